The lowest BCUT2D eigenvalue weighted by Crippen LogP contribution is -2.33. The van der Waals surface area contributed by atoms with E-state index in [2.05, 4.69) is 5.32 Å². The van der Waals surface area contributed by atoms with E-state index in [0.717, 1.165) is 16.2 Å². The number of aryl methyl sites for hydroxylation is 3. The number of carbonyl (C=O) groups is 1. The van der Waals surface area contributed by atoms with Crippen LogP contribution in [-0.2, 0) is 21.2 Å². The van der Waals surface area contributed by atoms with Crippen LogP contribution >= 0.6 is 0 Å². The van der Waals surface area contributed by atoms with Crippen LogP contribution in [0.3, 0.4) is 0 Å². The van der Waals surface area contributed by atoms with Crippen LogP contribution in [0.1, 0.15) is 16.8 Å². The van der Waals surface area contributed by atoms with E-state index in [9.17, 15) is 22.4 Å². The average Bonchev–Trinajstić information content (AvgIpc) is 2.65. The third kappa shape index (κ3) is 4.33. The molecular formula is C22H21FN2O4S. The summed E-state index contributed by atoms with van der Waals surface area (Å²) in [6.07, 6.45) is 0. The Bertz CT molecular complexity index is 1280. The summed E-state index contributed by atoms with van der Waals surface area (Å²) in [4.78, 5) is 25.1. The Labute approximate surface area is 173 Å². The largest absolute Gasteiger partial charge is 0.324 e. The molecule has 0 bridgehead atoms. The van der Waals surface area contributed by atoms with E-state index >= 15 is 0 Å². The zero-order valence-corrected chi connectivity index (χ0v) is 17.6. The predicted molar refractivity (Wildman–Crippen MR) is 112 cm³/mol. The molecule has 1 N–H and O–H groups in total. The lowest BCUT2D eigenvalue weighted by molar-refractivity contribution is -0.116. The van der Waals surface area contributed by atoms with E-state index in [1.807, 2.05) is 6.92 Å². The fraction of sp³-hybridized carbons (Fsp3) is 0.182. The standard InChI is InChI=1S/C22H21FN2O4S/c1-14-7-9-19(10-8-14)30(28,29)21-15(2)11-16(3)25(22(21)27)13-20(26)24-18-6-4-5-17(23)12-18/h4-12H,13H2,1-3H3,(H,24,26). The van der Waals surface area contributed by atoms with Gasteiger partial charge in [-0.2, -0.15) is 0 Å². The topological polar surface area (TPSA) is 85.2 Å². The molecule has 1 aromatic heterocycles. The minimum Gasteiger partial charge on any atom is -0.324 e. The lowest BCUT2D eigenvalue weighted by Gasteiger charge is -2.15. The molecule has 0 radical (unpaired) electrons. The van der Waals surface area contributed by atoms with Gasteiger partial charge in [0, 0.05) is 11.4 Å². The molecule has 1 amide bonds. The summed E-state index contributed by atoms with van der Waals surface area (Å²) in [6, 6.07) is 13.1. The Morgan fingerprint density at radius 1 is 1.03 bits per heavy atom. The second-order valence-corrected chi connectivity index (χ2v) is 8.95. The molecular weight excluding hydrogens is 407 g/mol. The normalized spacial score (nSPS) is 11.3. The van der Waals surface area contributed by atoms with Gasteiger partial charge < -0.3 is 9.88 Å². The molecule has 0 saturated carbocycles. The van der Waals surface area contributed by atoms with Crippen LogP contribution in [0.2, 0.25) is 0 Å². The Hall–Kier alpha value is -3.26. The van der Waals surface area contributed by atoms with Crippen molar-refractivity contribution >= 4 is 21.4 Å². The molecule has 6 nitrogen and oxygen atoms in total. The number of nitrogens with one attached hydrogen (secondary N) is 1. The number of anilines is 1. The van der Waals surface area contributed by atoms with E-state index in [0.29, 0.717) is 11.3 Å². The zero-order valence-electron chi connectivity index (χ0n) is 16.8. The molecule has 0 aliphatic heterocycles. The quantitative estimate of drug-likeness (QED) is 0.675. The number of benzene rings is 2. The molecule has 0 aliphatic rings. The molecule has 2 aromatic carbocycles. The van der Waals surface area contributed by atoms with Crippen LogP contribution in [-0.4, -0.2) is 18.9 Å². The van der Waals surface area contributed by atoms with Crippen molar-refractivity contribution in [1.82, 2.24) is 4.57 Å². The number of hydrogen-bond donors (Lipinski definition) is 1. The molecule has 156 valence electrons. The summed E-state index contributed by atoms with van der Waals surface area (Å²) in [5.74, 6) is -1.09. The number of hydrogen-bond acceptors (Lipinski definition) is 4. The average molecular weight is 428 g/mol. The van der Waals surface area contributed by atoms with Gasteiger partial charge in [-0.15, -0.1) is 0 Å². The number of nitrogens with zero attached hydrogens (tertiary/aromatic N) is 1. The van der Waals surface area contributed by atoms with E-state index < -0.39 is 33.7 Å². The molecule has 0 saturated heterocycles. The Morgan fingerprint density at radius 3 is 2.33 bits per heavy atom. The second kappa shape index (κ2) is 8.23. The van der Waals surface area contributed by atoms with E-state index in [4.69, 9.17) is 0 Å². The number of pyridine rings is 1. The number of sulfone groups is 1. The smallest absolute Gasteiger partial charge is 0.270 e. The molecule has 1 heterocycles. The predicted octanol–water partition coefficient (Wildman–Crippen LogP) is 3.38. The van der Waals surface area contributed by atoms with Crippen molar-refractivity contribution in [2.24, 2.45) is 0 Å². The van der Waals surface area contributed by atoms with Crippen molar-refractivity contribution in [2.75, 3.05) is 5.32 Å². The van der Waals surface area contributed by atoms with Gasteiger partial charge in [0.2, 0.25) is 15.7 Å². The molecule has 0 atom stereocenters. The van der Waals surface area contributed by atoms with Gasteiger partial charge in [-0.05, 0) is 62.7 Å². The summed E-state index contributed by atoms with van der Waals surface area (Å²) < 4.78 is 40.6. The highest BCUT2D eigenvalue weighted by Crippen LogP contribution is 2.22. The van der Waals surface area contributed by atoms with Gasteiger partial charge in [0.1, 0.15) is 17.3 Å². The summed E-state index contributed by atoms with van der Waals surface area (Å²) >= 11 is 0. The van der Waals surface area contributed by atoms with Gasteiger partial charge in [0.05, 0.1) is 4.90 Å². The van der Waals surface area contributed by atoms with Gasteiger partial charge >= 0.3 is 0 Å². The Morgan fingerprint density at radius 2 is 1.70 bits per heavy atom. The van der Waals surface area contributed by atoms with Crippen LogP contribution in [0, 0.1) is 26.6 Å². The highest BCUT2D eigenvalue weighted by atomic mass is 32.2. The zero-order chi connectivity index (χ0) is 22.1. The van der Waals surface area contributed by atoms with Crippen LogP contribution in [0.5, 0.6) is 0 Å². The molecule has 3 rings (SSSR count). The first-order valence-electron chi connectivity index (χ1n) is 9.18. The summed E-state index contributed by atoms with van der Waals surface area (Å²) in [5.41, 5.74) is 1.10. The van der Waals surface area contributed by atoms with Crippen LogP contribution in [0.4, 0.5) is 10.1 Å². The van der Waals surface area contributed by atoms with Crippen LogP contribution < -0.4 is 10.9 Å². The number of aromatic nitrogens is 1. The lowest BCUT2D eigenvalue weighted by atomic mass is 10.2. The van der Waals surface area contributed by atoms with Crippen molar-refractivity contribution in [2.45, 2.75) is 37.1 Å². The summed E-state index contributed by atoms with van der Waals surface area (Å²) in [6.45, 7) is 4.59. The first-order valence-corrected chi connectivity index (χ1v) is 10.7. The van der Waals surface area contributed by atoms with Gasteiger partial charge in [-0.25, -0.2) is 12.8 Å². The minimum atomic E-state index is -4.07. The van der Waals surface area contributed by atoms with Gasteiger partial charge in [-0.3, -0.25) is 9.59 Å². The second-order valence-electron chi connectivity index (χ2n) is 7.06. The van der Waals surface area contributed by atoms with Crippen LogP contribution in [0.15, 0.2) is 69.2 Å². The van der Waals surface area contributed by atoms with Crippen molar-refractivity contribution in [3.05, 3.63) is 87.6 Å². The molecule has 0 unspecified atom stereocenters. The van der Waals surface area contributed by atoms with Crippen molar-refractivity contribution in [3.8, 4) is 0 Å². The van der Waals surface area contributed by atoms with Gasteiger partial charge in [0.25, 0.3) is 5.56 Å². The first kappa shape index (κ1) is 21.4. The Balaban J connectivity index is 2.00. The van der Waals surface area contributed by atoms with Crippen LogP contribution in [0.25, 0.3) is 0 Å². The fourth-order valence-corrected chi connectivity index (χ4v) is 4.73. The van der Waals surface area contributed by atoms with Gasteiger partial charge in [-0.1, -0.05) is 23.8 Å². The highest BCUT2D eigenvalue weighted by molar-refractivity contribution is 7.91. The maximum Gasteiger partial charge on any atom is 0.270 e. The van der Waals surface area contributed by atoms with E-state index in [1.54, 1.807) is 32.0 Å². The number of halogens is 1. The SMILES string of the molecule is Cc1ccc(S(=O)(=O)c2c(C)cc(C)n(CC(=O)Nc3cccc(F)c3)c2=O)cc1. The van der Waals surface area contributed by atoms with Crippen molar-refractivity contribution < 1.29 is 17.6 Å². The van der Waals surface area contributed by atoms with Crippen molar-refractivity contribution in [1.29, 1.82) is 0 Å². The number of rotatable bonds is 5. The maximum absolute atomic E-state index is 13.3. The maximum atomic E-state index is 13.3. The minimum absolute atomic E-state index is 0.00733. The first-order chi connectivity index (χ1) is 14.1. The monoisotopic (exact) mass is 428 g/mol. The number of amides is 1. The van der Waals surface area contributed by atoms with Gasteiger partial charge in [0.15, 0.2) is 0 Å². The molecule has 3 aromatic rings. The molecule has 0 spiro atoms. The highest BCUT2D eigenvalue weighted by Gasteiger charge is 2.26. The van der Waals surface area contributed by atoms with E-state index in [1.165, 1.54) is 30.3 Å². The molecule has 30 heavy (non-hydrogen) atoms. The molecule has 0 aliphatic carbocycles. The van der Waals surface area contributed by atoms with E-state index in [-0.39, 0.29) is 15.5 Å². The fourth-order valence-electron chi connectivity index (χ4n) is 3.18. The number of carbonyl (C=O) groups excluding carboxylic acids is 1. The Kier molecular flexibility index (Phi) is 5.89. The molecule has 0 fully saturated rings. The third-order valence-corrected chi connectivity index (χ3v) is 6.59. The third-order valence-electron chi connectivity index (χ3n) is 4.66. The van der Waals surface area contributed by atoms with Crippen molar-refractivity contribution in [3.63, 3.8) is 0 Å². The summed E-state index contributed by atoms with van der Waals surface area (Å²) in [7, 11) is -4.07. The molecule has 8 heteroatoms. The summed E-state index contributed by atoms with van der Waals surface area (Å²) in [5, 5.41) is 2.51.